The van der Waals surface area contributed by atoms with Crippen molar-refractivity contribution in [3.8, 4) is 0 Å². The van der Waals surface area contributed by atoms with E-state index in [0.717, 1.165) is 12.8 Å². The predicted octanol–water partition coefficient (Wildman–Crippen LogP) is 5.29. The molecule has 0 N–H and O–H groups in total. The zero-order valence-electron chi connectivity index (χ0n) is 15.5. The van der Waals surface area contributed by atoms with Crippen molar-refractivity contribution < 1.29 is 9.53 Å². The number of hydrogen-bond donors (Lipinski definition) is 0. The smallest absolute Gasteiger partial charge is 0.414 e. The van der Waals surface area contributed by atoms with Crippen molar-refractivity contribution in [3.05, 3.63) is 60.3 Å². The molecule has 2 aliphatic rings. The van der Waals surface area contributed by atoms with Gasteiger partial charge in [0, 0.05) is 18.7 Å². The minimum Gasteiger partial charge on any atom is -0.446 e. The van der Waals surface area contributed by atoms with E-state index < -0.39 is 0 Å². The summed E-state index contributed by atoms with van der Waals surface area (Å²) >= 11 is 0. The van der Waals surface area contributed by atoms with Crippen molar-refractivity contribution in [2.45, 2.75) is 51.6 Å². The van der Waals surface area contributed by atoms with Crippen LogP contribution in [0.1, 0.15) is 45.6 Å². The summed E-state index contributed by atoms with van der Waals surface area (Å²) in [5.74, 6) is 0.928. The molecule has 3 heteroatoms. The molecule has 1 aromatic carbocycles. The van der Waals surface area contributed by atoms with Crippen LogP contribution in [0.15, 0.2) is 54.8 Å². The quantitative estimate of drug-likeness (QED) is 0.749. The molecular weight excluding hydrogens is 310 g/mol. The van der Waals surface area contributed by atoms with E-state index in [0.29, 0.717) is 18.4 Å². The highest BCUT2D eigenvalue weighted by Crippen LogP contribution is 2.43. The van der Waals surface area contributed by atoms with Gasteiger partial charge in [-0.15, -0.1) is 0 Å². The number of carbonyl (C=O) groups excluding carboxylic acids is 1. The lowest BCUT2D eigenvalue weighted by molar-refractivity contribution is -0.0128. The second-order valence-electron chi connectivity index (χ2n) is 7.96. The Morgan fingerprint density at radius 1 is 1.16 bits per heavy atom. The minimum atomic E-state index is -0.228. The topological polar surface area (TPSA) is 29.5 Å². The highest BCUT2D eigenvalue weighted by Gasteiger charge is 2.42. The molecule has 3 unspecified atom stereocenters. The summed E-state index contributed by atoms with van der Waals surface area (Å²) in [6, 6.07) is 10.6. The molecule has 1 aliphatic heterocycles. The number of benzene rings is 1. The largest absolute Gasteiger partial charge is 0.446 e. The molecule has 134 valence electrons. The lowest BCUT2D eigenvalue weighted by Gasteiger charge is -2.44. The van der Waals surface area contributed by atoms with Gasteiger partial charge in [0.05, 0.1) is 0 Å². The summed E-state index contributed by atoms with van der Waals surface area (Å²) in [4.78, 5) is 14.2. The van der Waals surface area contributed by atoms with E-state index in [1.807, 2.05) is 18.2 Å². The van der Waals surface area contributed by atoms with Crippen molar-refractivity contribution in [2.24, 2.45) is 11.8 Å². The van der Waals surface area contributed by atoms with E-state index >= 15 is 0 Å². The fourth-order valence-corrected chi connectivity index (χ4v) is 4.17. The first-order chi connectivity index (χ1) is 12.0. The summed E-state index contributed by atoms with van der Waals surface area (Å²) in [5.41, 5.74) is 1.29. The van der Waals surface area contributed by atoms with Gasteiger partial charge in [0.2, 0.25) is 0 Å². The normalized spacial score (nSPS) is 26.5. The first-order valence-electron chi connectivity index (χ1n) is 9.34. The Bertz CT molecular complexity index is 647. The van der Waals surface area contributed by atoms with Crippen LogP contribution >= 0.6 is 0 Å². The van der Waals surface area contributed by atoms with Crippen molar-refractivity contribution in [1.29, 1.82) is 0 Å². The van der Waals surface area contributed by atoms with E-state index in [4.69, 9.17) is 4.74 Å². The first kappa shape index (κ1) is 17.8. The summed E-state index contributed by atoms with van der Waals surface area (Å²) in [5, 5.41) is 0. The summed E-state index contributed by atoms with van der Waals surface area (Å²) in [6.07, 6.45) is 10.6. The predicted molar refractivity (Wildman–Crippen MR) is 101 cm³/mol. The van der Waals surface area contributed by atoms with E-state index in [1.54, 1.807) is 11.1 Å². The summed E-state index contributed by atoms with van der Waals surface area (Å²) in [7, 11) is 0. The molecule has 1 aliphatic carbocycles. The standard InChI is InChI=1S/C22H29NO2/c1-17-12-13-19(22(2,3)18-10-6-4-7-11-18)20(16-17)25-21(24)23-14-8-5-9-15-23/h4-11,14,17,19-20H,12-13,15-16H2,1-3H3. The third kappa shape index (κ3) is 3.97. The maximum Gasteiger partial charge on any atom is 0.414 e. The van der Waals surface area contributed by atoms with Gasteiger partial charge in [-0.05, 0) is 35.8 Å². The van der Waals surface area contributed by atoms with E-state index in [2.05, 4.69) is 51.1 Å². The number of nitrogens with zero attached hydrogens (tertiary/aromatic N) is 1. The third-order valence-electron chi connectivity index (χ3n) is 5.80. The fourth-order valence-electron chi connectivity index (χ4n) is 4.17. The number of hydrogen-bond acceptors (Lipinski definition) is 2. The Balaban J connectivity index is 1.78. The summed E-state index contributed by atoms with van der Waals surface area (Å²) < 4.78 is 6.02. The van der Waals surface area contributed by atoms with Crippen molar-refractivity contribution in [1.82, 2.24) is 4.90 Å². The van der Waals surface area contributed by atoms with Gasteiger partial charge in [0.25, 0.3) is 0 Å². The Morgan fingerprint density at radius 3 is 2.60 bits per heavy atom. The van der Waals surface area contributed by atoms with Crippen molar-refractivity contribution in [2.75, 3.05) is 6.54 Å². The molecular formula is C22H29NO2. The van der Waals surface area contributed by atoms with Crippen LogP contribution in [-0.2, 0) is 10.2 Å². The molecule has 0 bridgehead atoms. The monoisotopic (exact) mass is 339 g/mol. The highest BCUT2D eigenvalue weighted by molar-refractivity contribution is 5.69. The van der Waals surface area contributed by atoms with Crippen LogP contribution in [0.4, 0.5) is 4.79 Å². The van der Waals surface area contributed by atoms with Crippen LogP contribution in [0.5, 0.6) is 0 Å². The Labute approximate surface area is 151 Å². The van der Waals surface area contributed by atoms with Crippen molar-refractivity contribution >= 4 is 6.09 Å². The van der Waals surface area contributed by atoms with Crippen molar-refractivity contribution in [3.63, 3.8) is 0 Å². The average molecular weight is 339 g/mol. The number of rotatable bonds is 3. The number of amides is 1. The number of allylic oxidation sites excluding steroid dienone is 2. The maximum absolute atomic E-state index is 12.6. The summed E-state index contributed by atoms with van der Waals surface area (Å²) in [6.45, 7) is 7.42. The molecule has 25 heavy (non-hydrogen) atoms. The molecule has 0 aromatic heterocycles. The van der Waals surface area contributed by atoms with Gasteiger partial charge < -0.3 is 4.74 Å². The molecule has 1 amide bonds. The van der Waals surface area contributed by atoms with Gasteiger partial charge >= 0.3 is 6.09 Å². The molecule has 1 aromatic rings. The second-order valence-corrected chi connectivity index (χ2v) is 7.96. The van der Waals surface area contributed by atoms with Gasteiger partial charge in [-0.1, -0.05) is 69.7 Å². The zero-order valence-corrected chi connectivity index (χ0v) is 15.5. The highest BCUT2D eigenvalue weighted by atomic mass is 16.6. The molecule has 0 radical (unpaired) electrons. The van der Waals surface area contributed by atoms with Gasteiger partial charge in [0.15, 0.2) is 0 Å². The first-order valence-corrected chi connectivity index (χ1v) is 9.34. The van der Waals surface area contributed by atoms with Gasteiger partial charge in [-0.2, -0.15) is 0 Å². The molecule has 3 atom stereocenters. The van der Waals surface area contributed by atoms with Gasteiger partial charge in [-0.25, -0.2) is 4.79 Å². The minimum absolute atomic E-state index is 0.0238. The molecule has 0 saturated heterocycles. The van der Waals surface area contributed by atoms with E-state index in [9.17, 15) is 4.79 Å². The Hall–Kier alpha value is -2.03. The Morgan fingerprint density at radius 2 is 1.92 bits per heavy atom. The molecule has 1 fully saturated rings. The Kier molecular flexibility index (Phi) is 5.31. The average Bonchev–Trinajstić information content (AvgIpc) is 2.63. The van der Waals surface area contributed by atoms with Gasteiger partial charge in [0.1, 0.15) is 6.10 Å². The second kappa shape index (κ2) is 7.47. The zero-order chi connectivity index (χ0) is 17.9. The number of carbonyl (C=O) groups is 1. The van der Waals surface area contributed by atoms with Crippen LogP contribution in [-0.4, -0.2) is 23.6 Å². The maximum atomic E-state index is 12.6. The fraction of sp³-hybridized carbons (Fsp3) is 0.500. The number of ether oxygens (including phenoxy) is 1. The molecule has 0 spiro atoms. The van der Waals surface area contributed by atoms with E-state index in [-0.39, 0.29) is 17.6 Å². The van der Waals surface area contributed by atoms with E-state index in [1.165, 1.54) is 12.0 Å². The van der Waals surface area contributed by atoms with Crippen LogP contribution < -0.4 is 0 Å². The van der Waals surface area contributed by atoms with Crippen LogP contribution in [0.2, 0.25) is 0 Å². The van der Waals surface area contributed by atoms with Crippen LogP contribution in [0, 0.1) is 11.8 Å². The van der Waals surface area contributed by atoms with Crippen LogP contribution in [0.25, 0.3) is 0 Å². The lowest BCUT2D eigenvalue weighted by Crippen LogP contribution is -2.45. The molecule has 3 nitrogen and oxygen atoms in total. The lowest BCUT2D eigenvalue weighted by atomic mass is 9.64. The third-order valence-corrected chi connectivity index (χ3v) is 5.80. The molecule has 3 rings (SSSR count). The molecule has 1 saturated carbocycles. The SMILES string of the molecule is CC1CCC(C(C)(C)c2ccccc2)C(OC(=O)N2C=CC=CC2)C1. The van der Waals surface area contributed by atoms with Gasteiger partial charge in [-0.3, -0.25) is 4.90 Å². The van der Waals surface area contributed by atoms with Crippen LogP contribution in [0.3, 0.4) is 0 Å². The molecule has 1 heterocycles.